The smallest absolute Gasteiger partial charge is 0.416 e. The number of nitrogens with zero attached hydrogens (tertiary/aromatic N) is 2. The fourth-order valence-electron chi connectivity index (χ4n) is 3.88. The number of rotatable bonds is 6. The molecule has 13 heteroatoms. The zero-order valence-electron chi connectivity index (χ0n) is 19.6. The third-order valence-electron chi connectivity index (χ3n) is 5.68. The molecule has 0 spiro atoms. The summed E-state index contributed by atoms with van der Waals surface area (Å²) in [7, 11) is 0. The van der Waals surface area contributed by atoms with Crippen LogP contribution in [0.15, 0.2) is 60.9 Å². The Morgan fingerprint density at radius 2 is 1.87 bits per heavy atom. The number of pyridine rings is 1. The van der Waals surface area contributed by atoms with Crippen LogP contribution in [0.5, 0.6) is 0 Å². The monoisotopic (exact) mass is 526 g/mol. The summed E-state index contributed by atoms with van der Waals surface area (Å²) in [6.45, 7) is 0.648. The Bertz CT molecular complexity index is 1480. The number of carbonyl (C=O) groups is 2. The predicted octanol–water partition coefficient (Wildman–Crippen LogP) is 5.31. The van der Waals surface area contributed by atoms with Crippen LogP contribution in [0.2, 0.25) is 0 Å². The number of ether oxygens (including phenoxy) is 2. The van der Waals surface area contributed by atoms with Gasteiger partial charge in [0.2, 0.25) is 0 Å². The molecule has 2 aromatic carbocycles. The van der Waals surface area contributed by atoms with E-state index in [1.807, 2.05) is 6.07 Å². The Hall–Kier alpha value is -4.65. The van der Waals surface area contributed by atoms with Crippen LogP contribution in [0.1, 0.15) is 22.3 Å². The first kappa shape index (κ1) is 25.0. The maximum absolute atomic E-state index is 13.6. The van der Waals surface area contributed by atoms with Gasteiger partial charge in [-0.15, -0.1) is 0 Å². The molecule has 38 heavy (non-hydrogen) atoms. The molecule has 5 rings (SSSR count). The van der Waals surface area contributed by atoms with Gasteiger partial charge in [-0.2, -0.15) is 18.3 Å². The first-order valence-corrected chi connectivity index (χ1v) is 11.5. The number of halogens is 3. The number of aromatic amines is 1. The molecule has 1 unspecified atom stereocenters. The van der Waals surface area contributed by atoms with Gasteiger partial charge in [0.05, 0.1) is 36.1 Å². The molecule has 0 aliphatic carbocycles. The Labute approximate surface area is 213 Å². The van der Waals surface area contributed by atoms with Gasteiger partial charge in [-0.05, 0) is 48.5 Å². The second kappa shape index (κ2) is 10.4. The van der Waals surface area contributed by atoms with Crippen LogP contribution >= 0.6 is 0 Å². The third-order valence-corrected chi connectivity index (χ3v) is 5.68. The maximum atomic E-state index is 13.6. The molecule has 1 atom stereocenters. The van der Waals surface area contributed by atoms with Gasteiger partial charge in [-0.25, -0.2) is 9.78 Å². The molecule has 0 bridgehead atoms. The highest BCUT2D eigenvalue weighted by molar-refractivity contribution is 6.08. The molecule has 3 heterocycles. The van der Waals surface area contributed by atoms with Crippen LogP contribution in [0.3, 0.4) is 0 Å². The fourth-order valence-corrected chi connectivity index (χ4v) is 3.88. The van der Waals surface area contributed by atoms with Crippen molar-refractivity contribution in [3.63, 3.8) is 0 Å². The molecule has 2 amide bonds. The lowest BCUT2D eigenvalue weighted by Gasteiger charge is -2.16. The van der Waals surface area contributed by atoms with Gasteiger partial charge < -0.3 is 20.1 Å². The van der Waals surface area contributed by atoms with E-state index < -0.39 is 29.8 Å². The van der Waals surface area contributed by atoms with E-state index in [9.17, 15) is 22.8 Å². The van der Waals surface area contributed by atoms with Crippen LogP contribution in [-0.2, 0) is 15.7 Å². The Morgan fingerprint density at radius 3 is 2.63 bits per heavy atom. The van der Waals surface area contributed by atoms with Crippen molar-refractivity contribution in [2.24, 2.45) is 0 Å². The van der Waals surface area contributed by atoms with Gasteiger partial charge in [-0.1, -0.05) is 0 Å². The van der Waals surface area contributed by atoms with Crippen molar-refractivity contribution >= 4 is 45.8 Å². The van der Waals surface area contributed by atoms with Gasteiger partial charge >= 0.3 is 12.3 Å². The van der Waals surface area contributed by atoms with E-state index in [1.165, 1.54) is 24.4 Å². The second-order valence-electron chi connectivity index (χ2n) is 8.46. The van der Waals surface area contributed by atoms with Crippen molar-refractivity contribution in [3.05, 3.63) is 72.1 Å². The normalized spacial score (nSPS) is 15.3. The lowest BCUT2D eigenvalue weighted by molar-refractivity contribution is -0.137. The highest BCUT2D eigenvalue weighted by Crippen LogP contribution is 2.34. The number of H-pyrrole nitrogens is 1. The van der Waals surface area contributed by atoms with E-state index >= 15 is 0 Å². The summed E-state index contributed by atoms with van der Waals surface area (Å²) in [4.78, 5) is 29.5. The number of nitrogens with one attached hydrogen (secondary N) is 4. The zero-order valence-corrected chi connectivity index (χ0v) is 19.6. The predicted molar refractivity (Wildman–Crippen MR) is 132 cm³/mol. The molecule has 4 N–H and O–H groups in total. The largest absolute Gasteiger partial charge is 0.443 e. The van der Waals surface area contributed by atoms with E-state index in [1.54, 1.807) is 18.3 Å². The minimum Gasteiger partial charge on any atom is -0.443 e. The lowest BCUT2D eigenvalue weighted by Crippen LogP contribution is -2.23. The number of fused-ring (bicyclic) bond motifs is 1. The highest BCUT2D eigenvalue weighted by atomic mass is 19.4. The average molecular weight is 526 g/mol. The van der Waals surface area contributed by atoms with Crippen molar-refractivity contribution in [1.82, 2.24) is 15.2 Å². The van der Waals surface area contributed by atoms with Crippen LogP contribution in [0.4, 0.5) is 40.8 Å². The standard InChI is InChI=1S/C25H21F3N6O4/c26-25(27,28)15-8-17(10-18(9-15)33-24(36)38-19-5-7-37-13-19)32-23(35)20-2-1-6-29-22(20)31-16-4-3-14-12-30-34-21(14)11-16/h1-4,6,8-12,19H,5,7,13H2,(H,29,31)(H,30,34)(H,32,35)(H,33,36). The number of benzene rings is 2. The van der Waals surface area contributed by atoms with E-state index in [0.717, 1.165) is 23.0 Å². The van der Waals surface area contributed by atoms with Crippen molar-refractivity contribution in [1.29, 1.82) is 0 Å². The molecule has 0 radical (unpaired) electrons. The topological polar surface area (TPSA) is 130 Å². The minimum absolute atomic E-state index is 0.0878. The van der Waals surface area contributed by atoms with E-state index in [0.29, 0.717) is 18.7 Å². The van der Waals surface area contributed by atoms with Crippen LogP contribution in [0.25, 0.3) is 10.9 Å². The quantitative estimate of drug-likeness (QED) is 0.268. The van der Waals surface area contributed by atoms with Gasteiger partial charge in [0, 0.05) is 35.1 Å². The summed E-state index contributed by atoms with van der Waals surface area (Å²) in [5.74, 6) is -0.518. The summed E-state index contributed by atoms with van der Waals surface area (Å²) >= 11 is 0. The molecular formula is C25H21F3N6O4. The maximum Gasteiger partial charge on any atom is 0.416 e. The number of aromatic nitrogens is 3. The Balaban J connectivity index is 1.36. The van der Waals surface area contributed by atoms with Gasteiger partial charge in [0.15, 0.2) is 0 Å². The molecule has 1 aliphatic rings. The molecule has 196 valence electrons. The van der Waals surface area contributed by atoms with Gasteiger partial charge in [0.25, 0.3) is 5.91 Å². The van der Waals surface area contributed by atoms with Crippen LogP contribution in [-0.4, -0.2) is 46.5 Å². The van der Waals surface area contributed by atoms with E-state index in [-0.39, 0.29) is 29.4 Å². The Morgan fingerprint density at radius 1 is 1.05 bits per heavy atom. The Kier molecular flexibility index (Phi) is 6.83. The first-order chi connectivity index (χ1) is 18.2. The number of anilines is 4. The summed E-state index contributed by atoms with van der Waals surface area (Å²) < 4.78 is 51.0. The van der Waals surface area contributed by atoms with Gasteiger partial charge in [-0.3, -0.25) is 15.2 Å². The molecule has 2 aromatic heterocycles. The summed E-state index contributed by atoms with van der Waals surface area (Å²) in [6, 6.07) is 11.1. The van der Waals surface area contributed by atoms with Crippen molar-refractivity contribution < 1.29 is 32.2 Å². The first-order valence-electron chi connectivity index (χ1n) is 11.5. The number of hydrogen-bond donors (Lipinski definition) is 4. The summed E-state index contributed by atoms with van der Waals surface area (Å²) in [6.07, 6.45) is -2.50. The number of hydrogen-bond acceptors (Lipinski definition) is 7. The van der Waals surface area contributed by atoms with Crippen molar-refractivity contribution in [2.45, 2.75) is 18.7 Å². The molecule has 1 fully saturated rings. The van der Waals surface area contributed by atoms with Crippen molar-refractivity contribution in [3.8, 4) is 0 Å². The summed E-state index contributed by atoms with van der Waals surface area (Å²) in [5, 5.41) is 15.5. The van der Waals surface area contributed by atoms with Crippen molar-refractivity contribution in [2.75, 3.05) is 29.2 Å². The molecule has 1 saturated heterocycles. The minimum atomic E-state index is -4.73. The molecular weight excluding hydrogens is 505 g/mol. The number of carbonyl (C=O) groups excluding carboxylic acids is 2. The SMILES string of the molecule is O=C(Nc1cc(NC(=O)c2cccnc2Nc2ccc3cn[nH]c3c2)cc(C(F)(F)F)c1)OC1CCOC1. The van der Waals surface area contributed by atoms with Gasteiger partial charge in [0.1, 0.15) is 11.9 Å². The molecule has 10 nitrogen and oxygen atoms in total. The number of amides is 2. The molecule has 4 aromatic rings. The van der Waals surface area contributed by atoms with E-state index in [4.69, 9.17) is 9.47 Å². The highest BCUT2D eigenvalue weighted by Gasteiger charge is 2.32. The zero-order chi connectivity index (χ0) is 26.7. The number of alkyl halides is 3. The van der Waals surface area contributed by atoms with Crippen LogP contribution in [0, 0.1) is 0 Å². The molecule has 1 aliphatic heterocycles. The lowest BCUT2D eigenvalue weighted by atomic mass is 10.1. The fraction of sp³-hybridized carbons (Fsp3) is 0.200. The summed E-state index contributed by atoms with van der Waals surface area (Å²) in [5.41, 5.74) is 0.0255. The third kappa shape index (κ3) is 5.83. The molecule has 0 saturated carbocycles. The van der Waals surface area contributed by atoms with Crippen LogP contribution < -0.4 is 16.0 Å². The second-order valence-corrected chi connectivity index (χ2v) is 8.46. The van der Waals surface area contributed by atoms with E-state index in [2.05, 4.69) is 31.1 Å². The average Bonchev–Trinajstić information content (AvgIpc) is 3.55.